The molecule has 0 N–H and O–H groups in total. The van der Waals surface area contributed by atoms with Gasteiger partial charge in [-0.05, 0) is 32.6 Å². The van der Waals surface area contributed by atoms with Crippen molar-refractivity contribution in [3.05, 3.63) is 0 Å². The molecule has 0 saturated carbocycles. The van der Waals surface area contributed by atoms with Crippen LogP contribution in [0.15, 0.2) is 0 Å². The molecule has 0 fully saturated rings. The second kappa shape index (κ2) is 21.2. The zero-order chi connectivity index (χ0) is 22.5. The minimum Gasteiger partial charge on any atom is -0.466 e. The van der Waals surface area contributed by atoms with Crippen molar-refractivity contribution >= 4 is 11.9 Å². The fraction of sp³-hybridized carbons (Fsp3) is 0.923. The Balaban J connectivity index is 3.35. The van der Waals surface area contributed by atoms with Crippen LogP contribution in [-0.4, -0.2) is 25.2 Å². The van der Waals surface area contributed by atoms with Gasteiger partial charge in [0.25, 0.3) is 0 Å². The van der Waals surface area contributed by atoms with E-state index in [1.807, 2.05) is 13.8 Å². The Kier molecular flexibility index (Phi) is 20.4. The Bertz CT molecular complexity index is 406. The average molecular weight is 427 g/mol. The Morgan fingerprint density at radius 3 is 1.40 bits per heavy atom. The van der Waals surface area contributed by atoms with Crippen LogP contribution in [0.25, 0.3) is 0 Å². The van der Waals surface area contributed by atoms with Crippen LogP contribution >= 0.6 is 0 Å². The van der Waals surface area contributed by atoms with E-state index >= 15 is 0 Å². The number of carbonyl (C=O) groups excluding carboxylic acids is 2. The van der Waals surface area contributed by atoms with Gasteiger partial charge in [0.05, 0.1) is 19.1 Å². The van der Waals surface area contributed by atoms with E-state index in [1.54, 1.807) is 0 Å². The lowest BCUT2D eigenvalue weighted by molar-refractivity contribution is -0.150. The van der Waals surface area contributed by atoms with E-state index in [0.717, 1.165) is 25.7 Å². The summed E-state index contributed by atoms with van der Waals surface area (Å²) in [5.74, 6) is 0.384. The van der Waals surface area contributed by atoms with E-state index in [4.69, 9.17) is 9.47 Å². The predicted octanol–water partition coefficient (Wildman–Crippen LogP) is 7.63. The van der Waals surface area contributed by atoms with Crippen molar-refractivity contribution in [2.75, 3.05) is 13.2 Å². The quantitative estimate of drug-likeness (QED) is 0.140. The molecule has 30 heavy (non-hydrogen) atoms. The summed E-state index contributed by atoms with van der Waals surface area (Å²) < 4.78 is 10.1. The highest BCUT2D eigenvalue weighted by atomic mass is 16.5. The first-order chi connectivity index (χ1) is 14.5. The molecule has 4 nitrogen and oxygen atoms in total. The monoisotopic (exact) mass is 426 g/mol. The third-order valence-electron chi connectivity index (χ3n) is 5.85. The number of ether oxygens (including phenoxy) is 2. The maximum Gasteiger partial charge on any atom is 0.309 e. The summed E-state index contributed by atoms with van der Waals surface area (Å²) in [5.41, 5.74) is 0. The molecule has 0 heterocycles. The van der Waals surface area contributed by atoms with Crippen LogP contribution in [0, 0.1) is 11.8 Å². The Morgan fingerprint density at radius 2 is 1.00 bits per heavy atom. The molecule has 0 aromatic rings. The molecule has 0 aromatic carbocycles. The van der Waals surface area contributed by atoms with Crippen LogP contribution in [0.3, 0.4) is 0 Å². The average Bonchev–Trinajstić information content (AvgIpc) is 2.70. The third kappa shape index (κ3) is 17.8. The van der Waals surface area contributed by atoms with Crippen LogP contribution in [0.4, 0.5) is 0 Å². The molecule has 0 aliphatic rings. The smallest absolute Gasteiger partial charge is 0.309 e. The molecule has 4 heteroatoms. The standard InChI is InChI=1S/C26H50O4/c1-5-29-25(27)22-20-18-16-14-12-10-8-7-9-11-13-15-17-19-21-24(23(3)4)26(28)30-6-2/h23-24H,5-22H2,1-4H3. The first-order valence-corrected chi connectivity index (χ1v) is 12.8. The number of hydrogen-bond donors (Lipinski definition) is 0. The first-order valence-electron chi connectivity index (χ1n) is 12.8. The van der Waals surface area contributed by atoms with Gasteiger partial charge >= 0.3 is 11.9 Å². The molecule has 1 atom stereocenters. The lowest BCUT2D eigenvalue weighted by atomic mass is 9.90. The zero-order valence-electron chi connectivity index (χ0n) is 20.5. The summed E-state index contributed by atoms with van der Waals surface area (Å²) in [4.78, 5) is 23.2. The van der Waals surface area contributed by atoms with E-state index < -0.39 is 0 Å². The fourth-order valence-corrected chi connectivity index (χ4v) is 3.96. The van der Waals surface area contributed by atoms with Crippen LogP contribution in [-0.2, 0) is 19.1 Å². The molecule has 0 aliphatic heterocycles. The molecule has 0 radical (unpaired) electrons. The highest BCUT2D eigenvalue weighted by molar-refractivity contribution is 5.72. The molecule has 0 bridgehead atoms. The van der Waals surface area contributed by atoms with Crippen LogP contribution in [0.5, 0.6) is 0 Å². The molecule has 0 aromatic heterocycles. The van der Waals surface area contributed by atoms with Crippen molar-refractivity contribution in [1.82, 2.24) is 0 Å². The summed E-state index contributed by atoms with van der Waals surface area (Å²) in [6.07, 6.45) is 19.3. The van der Waals surface area contributed by atoms with Gasteiger partial charge in [-0.2, -0.15) is 0 Å². The summed E-state index contributed by atoms with van der Waals surface area (Å²) in [5, 5.41) is 0. The highest BCUT2D eigenvalue weighted by Gasteiger charge is 2.22. The predicted molar refractivity (Wildman–Crippen MR) is 125 cm³/mol. The van der Waals surface area contributed by atoms with E-state index in [9.17, 15) is 9.59 Å². The molecular weight excluding hydrogens is 376 g/mol. The van der Waals surface area contributed by atoms with Crippen molar-refractivity contribution in [3.8, 4) is 0 Å². The van der Waals surface area contributed by atoms with Crippen molar-refractivity contribution < 1.29 is 19.1 Å². The summed E-state index contributed by atoms with van der Waals surface area (Å²) in [6, 6.07) is 0. The summed E-state index contributed by atoms with van der Waals surface area (Å²) in [6.45, 7) is 8.96. The molecular formula is C26H50O4. The summed E-state index contributed by atoms with van der Waals surface area (Å²) in [7, 11) is 0. The van der Waals surface area contributed by atoms with Gasteiger partial charge in [-0.15, -0.1) is 0 Å². The maximum absolute atomic E-state index is 12.0. The number of rotatable bonds is 21. The SMILES string of the molecule is CCOC(=O)CCCCCCCCCCCCCCCCC(C(=O)OCC)C(C)C. The van der Waals surface area contributed by atoms with Crippen LogP contribution in [0.1, 0.15) is 130 Å². The van der Waals surface area contributed by atoms with Gasteiger partial charge in [0.2, 0.25) is 0 Å². The van der Waals surface area contributed by atoms with E-state index in [0.29, 0.717) is 25.6 Å². The number of carbonyl (C=O) groups is 2. The number of unbranched alkanes of at least 4 members (excludes halogenated alkanes) is 13. The molecule has 0 saturated heterocycles. The second-order valence-corrected chi connectivity index (χ2v) is 8.90. The van der Waals surface area contributed by atoms with Crippen molar-refractivity contribution in [1.29, 1.82) is 0 Å². The third-order valence-corrected chi connectivity index (χ3v) is 5.85. The zero-order valence-corrected chi connectivity index (χ0v) is 20.5. The van der Waals surface area contributed by atoms with Gasteiger partial charge in [0, 0.05) is 6.42 Å². The van der Waals surface area contributed by atoms with Crippen molar-refractivity contribution in [3.63, 3.8) is 0 Å². The topological polar surface area (TPSA) is 52.6 Å². The van der Waals surface area contributed by atoms with Crippen molar-refractivity contribution in [2.45, 2.75) is 130 Å². The molecule has 1 unspecified atom stereocenters. The van der Waals surface area contributed by atoms with Gasteiger partial charge in [-0.25, -0.2) is 0 Å². The molecule has 0 aliphatic carbocycles. The van der Waals surface area contributed by atoms with Crippen molar-refractivity contribution in [2.24, 2.45) is 11.8 Å². The Hall–Kier alpha value is -1.06. The molecule has 0 amide bonds. The lowest BCUT2D eigenvalue weighted by Crippen LogP contribution is -2.22. The van der Waals surface area contributed by atoms with E-state index in [-0.39, 0.29) is 17.9 Å². The van der Waals surface area contributed by atoms with Gasteiger partial charge in [-0.3, -0.25) is 9.59 Å². The lowest BCUT2D eigenvalue weighted by Gasteiger charge is -2.18. The van der Waals surface area contributed by atoms with E-state index in [1.165, 1.54) is 70.6 Å². The first kappa shape index (κ1) is 28.9. The minimum atomic E-state index is -0.0473. The highest BCUT2D eigenvalue weighted by Crippen LogP contribution is 2.21. The maximum atomic E-state index is 12.0. The Morgan fingerprint density at radius 1 is 0.600 bits per heavy atom. The van der Waals surface area contributed by atoms with Gasteiger partial charge < -0.3 is 9.47 Å². The van der Waals surface area contributed by atoms with Crippen LogP contribution < -0.4 is 0 Å². The minimum absolute atomic E-state index is 0.0100. The van der Waals surface area contributed by atoms with Gasteiger partial charge in [-0.1, -0.05) is 97.3 Å². The summed E-state index contributed by atoms with van der Waals surface area (Å²) >= 11 is 0. The Labute approximate surface area is 186 Å². The molecule has 0 spiro atoms. The number of esters is 2. The molecule has 0 rings (SSSR count). The van der Waals surface area contributed by atoms with Crippen LogP contribution in [0.2, 0.25) is 0 Å². The number of hydrogen-bond acceptors (Lipinski definition) is 4. The van der Waals surface area contributed by atoms with Gasteiger partial charge in [0.1, 0.15) is 0 Å². The van der Waals surface area contributed by atoms with Gasteiger partial charge in [0.15, 0.2) is 0 Å². The molecule has 178 valence electrons. The normalized spacial score (nSPS) is 12.2. The second-order valence-electron chi connectivity index (χ2n) is 8.90. The largest absolute Gasteiger partial charge is 0.466 e. The van der Waals surface area contributed by atoms with E-state index in [2.05, 4.69) is 13.8 Å². The fourth-order valence-electron chi connectivity index (χ4n) is 3.96.